The van der Waals surface area contributed by atoms with E-state index in [0.717, 1.165) is 3.79 Å². The SMILES string of the molecule is Cc1sc(Br)cc1S(=O)(=O)N1CC(C)CC(C(=O)O)C1. The van der Waals surface area contributed by atoms with Gasteiger partial charge in [-0.3, -0.25) is 4.79 Å². The number of carboxylic acids is 1. The van der Waals surface area contributed by atoms with Crippen LogP contribution in [-0.4, -0.2) is 36.9 Å². The zero-order valence-corrected chi connectivity index (χ0v) is 14.4. The van der Waals surface area contributed by atoms with Gasteiger partial charge >= 0.3 is 5.97 Å². The summed E-state index contributed by atoms with van der Waals surface area (Å²) in [4.78, 5) is 12.1. The molecule has 0 aromatic carbocycles. The molecule has 2 atom stereocenters. The Kier molecular flexibility index (Phi) is 4.58. The molecule has 2 rings (SSSR count). The van der Waals surface area contributed by atoms with Crippen molar-refractivity contribution in [3.05, 3.63) is 14.7 Å². The van der Waals surface area contributed by atoms with Crippen molar-refractivity contribution < 1.29 is 18.3 Å². The van der Waals surface area contributed by atoms with Crippen LogP contribution in [0.2, 0.25) is 0 Å². The molecule has 0 saturated carbocycles. The molecule has 112 valence electrons. The number of nitrogens with zero attached hydrogens (tertiary/aromatic N) is 1. The molecule has 20 heavy (non-hydrogen) atoms. The smallest absolute Gasteiger partial charge is 0.307 e. The third-order valence-corrected chi connectivity index (χ3v) is 7.08. The Morgan fingerprint density at radius 2 is 2.15 bits per heavy atom. The summed E-state index contributed by atoms with van der Waals surface area (Å²) in [5.41, 5.74) is 0. The van der Waals surface area contributed by atoms with Crippen molar-refractivity contribution in [1.82, 2.24) is 4.31 Å². The summed E-state index contributed by atoms with van der Waals surface area (Å²) in [5.74, 6) is -1.52. The molecule has 2 unspecified atom stereocenters. The molecule has 1 saturated heterocycles. The van der Waals surface area contributed by atoms with Gasteiger partial charge in [-0.2, -0.15) is 4.31 Å². The van der Waals surface area contributed by atoms with E-state index in [2.05, 4.69) is 15.9 Å². The highest BCUT2D eigenvalue weighted by Crippen LogP contribution is 2.34. The molecule has 0 aliphatic carbocycles. The second-order valence-corrected chi connectivity index (χ2v) is 9.71. The maximum Gasteiger partial charge on any atom is 0.307 e. The lowest BCUT2D eigenvalue weighted by Crippen LogP contribution is -2.45. The third-order valence-electron chi connectivity index (χ3n) is 3.44. The number of piperidine rings is 1. The van der Waals surface area contributed by atoms with Crippen LogP contribution < -0.4 is 0 Å². The molecule has 0 amide bonds. The van der Waals surface area contributed by atoms with Crippen molar-refractivity contribution in [2.24, 2.45) is 11.8 Å². The first-order valence-electron chi connectivity index (χ1n) is 6.20. The fourth-order valence-corrected chi connectivity index (χ4v) is 6.49. The third kappa shape index (κ3) is 3.08. The summed E-state index contributed by atoms with van der Waals surface area (Å²) in [6.45, 7) is 4.06. The van der Waals surface area contributed by atoms with Gasteiger partial charge in [0.2, 0.25) is 10.0 Å². The molecule has 0 bridgehead atoms. The molecule has 1 N–H and O–H groups in total. The van der Waals surface area contributed by atoms with Crippen LogP contribution in [0.25, 0.3) is 0 Å². The highest BCUT2D eigenvalue weighted by atomic mass is 79.9. The van der Waals surface area contributed by atoms with Crippen LogP contribution in [0.15, 0.2) is 14.7 Å². The van der Waals surface area contributed by atoms with E-state index < -0.39 is 21.9 Å². The topological polar surface area (TPSA) is 74.7 Å². The molecule has 2 heterocycles. The number of carboxylic acid groups (broad SMARTS) is 1. The second kappa shape index (κ2) is 5.75. The monoisotopic (exact) mass is 381 g/mol. The minimum absolute atomic E-state index is 0.0435. The molecule has 1 aromatic heterocycles. The predicted octanol–water partition coefficient (Wildman–Crippen LogP) is 2.55. The van der Waals surface area contributed by atoms with Crippen LogP contribution in [0.5, 0.6) is 0 Å². The molecule has 1 fully saturated rings. The number of rotatable bonds is 3. The minimum Gasteiger partial charge on any atom is -0.481 e. The van der Waals surface area contributed by atoms with Crippen LogP contribution in [0.4, 0.5) is 0 Å². The number of sulfonamides is 1. The van der Waals surface area contributed by atoms with Crippen molar-refractivity contribution in [3.63, 3.8) is 0 Å². The van der Waals surface area contributed by atoms with Gasteiger partial charge in [0.1, 0.15) is 0 Å². The van der Waals surface area contributed by atoms with Crippen LogP contribution >= 0.6 is 27.3 Å². The molecule has 1 aliphatic heterocycles. The van der Waals surface area contributed by atoms with Gasteiger partial charge in [0.25, 0.3) is 0 Å². The Bertz CT molecular complexity index is 625. The molecular formula is C12H16BrNO4S2. The molecule has 5 nitrogen and oxygen atoms in total. The van der Waals surface area contributed by atoms with Crippen LogP contribution in [0.1, 0.15) is 18.2 Å². The van der Waals surface area contributed by atoms with Crippen LogP contribution in [0, 0.1) is 18.8 Å². The average molecular weight is 382 g/mol. The lowest BCUT2D eigenvalue weighted by atomic mass is 9.92. The first-order chi connectivity index (χ1) is 9.21. The number of hydrogen-bond acceptors (Lipinski definition) is 4. The standard InChI is InChI=1S/C12H16BrNO4S2/c1-7-3-9(12(15)16)6-14(5-7)20(17,18)10-4-11(13)19-8(10)2/h4,7,9H,3,5-6H2,1-2H3,(H,15,16). The minimum atomic E-state index is -3.62. The second-order valence-electron chi connectivity index (χ2n) is 5.17. The zero-order valence-electron chi connectivity index (χ0n) is 11.2. The largest absolute Gasteiger partial charge is 0.481 e. The Morgan fingerprint density at radius 3 is 2.65 bits per heavy atom. The average Bonchev–Trinajstić information content (AvgIpc) is 2.68. The Labute approximate surface area is 130 Å². The fraction of sp³-hybridized carbons (Fsp3) is 0.583. The highest BCUT2D eigenvalue weighted by molar-refractivity contribution is 9.11. The Balaban J connectivity index is 2.34. The quantitative estimate of drug-likeness (QED) is 0.872. The van der Waals surface area contributed by atoms with E-state index in [1.54, 1.807) is 13.0 Å². The first-order valence-corrected chi connectivity index (χ1v) is 9.25. The normalized spacial score (nSPS) is 24.8. The molecular weight excluding hydrogens is 366 g/mol. The van der Waals surface area contributed by atoms with E-state index in [1.807, 2.05) is 6.92 Å². The summed E-state index contributed by atoms with van der Waals surface area (Å²) in [6.07, 6.45) is 0.521. The van der Waals surface area contributed by atoms with E-state index in [1.165, 1.54) is 15.6 Å². The van der Waals surface area contributed by atoms with Crippen molar-refractivity contribution >= 4 is 43.3 Å². The maximum atomic E-state index is 12.7. The van der Waals surface area contributed by atoms with E-state index >= 15 is 0 Å². The Hall–Kier alpha value is -0.440. The number of halogens is 1. The summed E-state index contributed by atoms with van der Waals surface area (Å²) in [7, 11) is -3.62. The number of aryl methyl sites for hydroxylation is 1. The summed E-state index contributed by atoms with van der Waals surface area (Å²) in [5, 5.41) is 9.14. The summed E-state index contributed by atoms with van der Waals surface area (Å²) >= 11 is 4.65. The van der Waals surface area contributed by atoms with Gasteiger partial charge in [0.15, 0.2) is 0 Å². The number of thiophene rings is 1. The lowest BCUT2D eigenvalue weighted by Gasteiger charge is -2.33. The number of aliphatic carboxylic acids is 1. The fourth-order valence-electron chi connectivity index (χ4n) is 2.50. The van der Waals surface area contributed by atoms with Crippen molar-refractivity contribution in [2.45, 2.75) is 25.2 Å². The number of hydrogen-bond donors (Lipinski definition) is 1. The van der Waals surface area contributed by atoms with Gasteiger partial charge in [-0.25, -0.2) is 8.42 Å². The predicted molar refractivity (Wildman–Crippen MR) is 80.4 cm³/mol. The molecule has 8 heteroatoms. The van der Waals surface area contributed by atoms with Crippen molar-refractivity contribution in [2.75, 3.05) is 13.1 Å². The highest BCUT2D eigenvalue weighted by Gasteiger charge is 2.37. The van der Waals surface area contributed by atoms with E-state index in [4.69, 9.17) is 5.11 Å². The Morgan fingerprint density at radius 1 is 1.50 bits per heavy atom. The van der Waals surface area contributed by atoms with E-state index in [9.17, 15) is 13.2 Å². The van der Waals surface area contributed by atoms with Crippen molar-refractivity contribution in [1.29, 1.82) is 0 Å². The van der Waals surface area contributed by atoms with Gasteiger partial charge in [0.05, 0.1) is 14.6 Å². The lowest BCUT2D eigenvalue weighted by molar-refractivity contribution is -0.143. The molecule has 1 aliphatic rings. The molecule has 0 spiro atoms. The van der Waals surface area contributed by atoms with Gasteiger partial charge in [-0.05, 0) is 41.3 Å². The van der Waals surface area contributed by atoms with Gasteiger partial charge in [-0.1, -0.05) is 6.92 Å². The van der Waals surface area contributed by atoms with Gasteiger partial charge < -0.3 is 5.11 Å². The zero-order chi connectivity index (χ0) is 15.1. The number of carbonyl (C=O) groups is 1. The molecule has 1 aromatic rings. The van der Waals surface area contributed by atoms with Gasteiger partial charge in [0, 0.05) is 18.0 Å². The first kappa shape index (κ1) is 15.9. The maximum absolute atomic E-state index is 12.7. The van der Waals surface area contributed by atoms with E-state index in [0.29, 0.717) is 17.8 Å². The summed E-state index contributed by atoms with van der Waals surface area (Å²) in [6, 6.07) is 1.59. The molecule has 0 radical (unpaired) electrons. The summed E-state index contributed by atoms with van der Waals surface area (Å²) < 4.78 is 27.4. The van der Waals surface area contributed by atoms with Gasteiger partial charge in [-0.15, -0.1) is 11.3 Å². The van der Waals surface area contributed by atoms with Crippen LogP contribution in [0.3, 0.4) is 0 Å². The van der Waals surface area contributed by atoms with Crippen LogP contribution in [-0.2, 0) is 14.8 Å². The van der Waals surface area contributed by atoms with E-state index in [-0.39, 0.29) is 17.4 Å². The van der Waals surface area contributed by atoms with Crippen molar-refractivity contribution in [3.8, 4) is 0 Å².